The smallest absolute Gasteiger partial charge is 0.328 e. The number of halogens is 1. The number of carboxylic acids is 1. The maximum absolute atomic E-state index is 10.7. The van der Waals surface area contributed by atoms with Gasteiger partial charge in [0.05, 0.1) is 0 Å². The quantitative estimate of drug-likeness (QED) is 0.815. The van der Waals surface area contributed by atoms with E-state index in [1.807, 2.05) is 19.2 Å². The van der Waals surface area contributed by atoms with Crippen LogP contribution in [0.25, 0.3) is 6.08 Å². The minimum absolute atomic E-state index is 0.338. The number of anilines is 1. The van der Waals surface area contributed by atoms with Crippen LogP contribution >= 0.6 is 23.4 Å². The van der Waals surface area contributed by atoms with Crippen LogP contribution in [0.2, 0.25) is 5.02 Å². The number of aliphatic carboxylic acids is 1. The average molecular weight is 300 g/mol. The number of benzene rings is 1. The Morgan fingerprint density at radius 2 is 2.26 bits per heavy atom. The van der Waals surface area contributed by atoms with Gasteiger partial charge in [-0.2, -0.15) is 11.8 Å². The molecule has 1 unspecified atom stereocenters. The van der Waals surface area contributed by atoms with Crippen molar-refractivity contribution in [2.24, 2.45) is 0 Å². The molecule has 0 spiro atoms. The van der Waals surface area contributed by atoms with E-state index in [2.05, 4.69) is 18.1 Å². The van der Waals surface area contributed by atoms with E-state index in [4.69, 9.17) is 16.7 Å². The fraction of sp³-hybridized carbons (Fsp3) is 0.357. The van der Waals surface area contributed by atoms with Gasteiger partial charge < -0.3 is 10.0 Å². The number of hydrogen-bond acceptors (Lipinski definition) is 3. The topological polar surface area (TPSA) is 40.5 Å². The molecule has 3 nitrogen and oxygen atoms in total. The van der Waals surface area contributed by atoms with Crippen LogP contribution in [-0.2, 0) is 4.79 Å². The van der Waals surface area contributed by atoms with Gasteiger partial charge in [-0.05, 0) is 31.4 Å². The van der Waals surface area contributed by atoms with Crippen LogP contribution in [0.3, 0.4) is 0 Å². The standard InChI is InChI=1S/C14H18ClNO2S/c1-10(9-19-3)16(2)13-6-4-5-12(15)11(13)7-8-14(17)18/h4-8,10H,9H2,1-3H3,(H,17,18)/b8-7+. The van der Waals surface area contributed by atoms with Crippen molar-refractivity contribution < 1.29 is 9.90 Å². The van der Waals surface area contributed by atoms with Crippen molar-refractivity contribution in [2.75, 3.05) is 24.0 Å². The summed E-state index contributed by atoms with van der Waals surface area (Å²) in [6.07, 6.45) is 4.72. The van der Waals surface area contributed by atoms with Crippen LogP contribution in [0.15, 0.2) is 24.3 Å². The molecule has 0 aliphatic carbocycles. The summed E-state index contributed by atoms with van der Waals surface area (Å²) in [4.78, 5) is 12.8. The molecule has 0 saturated carbocycles. The molecular formula is C14H18ClNO2S. The molecule has 0 saturated heterocycles. The first-order valence-corrected chi connectivity index (χ1v) is 7.65. The molecule has 104 valence electrons. The van der Waals surface area contributed by atoms with Crippen LogP contribution < -0.4 is 4.90 Å². The zero-order valence-corrected chi connectivity index (χ0v) is 12.8. The Bertz CT molecular complexity index is 477. The number of nitrogens with zero attached hydrogens (tertiary/aromatic N) is 1. The van der Waals surface area contributed by atoms with Crippen molar-refractivity contribution in [3.63, 3.8) is 0 Å². The fourth-order valence-electron chi connectivity index (χ4n) is 1.74. The second kappa shape index (κ2) is 7.46. The summed E-state index contributed by atoms with van der Waals surface area (Å²) in [7, 11) is 1.99. The lowest BCUT2D eigenvalue weighted by molar-refractivity contribution is -0.131. The van der Waals surface area contributed by atoms with E-state index >= 15 is 0 Å². The van der Waals surface area contributed by atoms with Crippen LogP contribution in [0.1, 0.15) is 12.5 Å². The predicted octanol–water partition coefficient (Wildman–Crippen LogP) is 3.63. The molecule has 1 atom stereocenters. The average Bonchev–Trinajstić information content (AvgIpc) is 2.36. The summed E-state index contributed by atoms with van der Waals surface area (Å²) < 4.78 is 0. The molecule has 1 rings (SSSR count). The number of hydrogen-bond donors (Lipinski definition) is 1. The van der Waals surface area contributed by atoms with Crippen molar-refractivity contribution in [2.45, 2.75) is 13.0 Å². The molecule has 0 aliphatic rings. The SMILES string of the molecule is CSCC(C)N(C)c1cccc(Cl)c1/C=C/C(=O)O. The number of thioether (sulfide) groups is 1. The highest BCUT2D eigenvalue weighted by Crippen LogP contribution is 2.29. The minimum Gasteiger partial charge on any atom is -0.478 e. The molecule has 5 heteroatoms. The lowest BCUT2D eigenvalue weighted by Gasteiger charge is -2.28. The second-order valence-corrected chi connectivity index (χ2v) is 5.58. The van der Waals surface area contributed by atoms with Crippen LogP contribution in [0.4, 0.5) is 5.69 Å². The largest absolute Gasteiger partial charge is 0.478 e. The zero-order valence-electron chi connectivity index (χ0n) is 11.3. The minimum atomic E-state index is -0.981. The van der Waals surface area contributed by atoms with Crippen molar-refractivity contribution in [3.05, 3.63) is 34.9 Å². The van der Waals surface area contributed by atoms with Crippen molar-refractivity contribution in [1.82, 2.24) is 0 Å². The monoisotopic (exact) mass is 299 g/mol. The summed E-state index contributed by atoms with van der Waals surface area (Å²) >= 11 is 7.94. The van der Waals surface area contributed by atoms with Crippen LogP contribution in [0.5, 0.6) is 0 Å². The van der Waals surface area contributed by atoms with Crippen molar-refractivity contribution >= 4 is 41.1 Å². The first-order valence-electron chi connectivity index (χ1n) is 5.88. The Kier molecular flexibility index (Phi) is 6.25. The van der Waals surface area contributed by atoms with Gasteiger partial charge in [-0.3, -0.25) is 0 Å². The van der Waals surface area contributed by atoms with Gasteiger partial charge in [0, 0.05) is 41.2 Å². The Morgan fingerprint density at radius 1 is 1.58 bits per heavy atom. The second-order valence-electron chi connectivity index (χ2n) is 4.26. The van der Waals surface area contributed by atoms with Gasteiger partial charge in [-0.1, -0.05) is 17.7 Å². The molecule has 19 heavy (non-hydrogen) atoms. The first kappa shape index (κ1) is 15.9. The van der Waals surface area contributed by atoms with E-state index in [9.17, 15) is 4.79 Å². The molecule has 0 amide bonds. The Morgan fingerprint density at radius 3 is 2.84 bits per heavy atom. The molecular weight excluding hydrogens is 282 g/mol. The molecule has 0 bridgehead atoms. The normalized spacial score (nSPS) is 12.6. The third-order valence-corrected chi connectivity index (χ3v) is 4.02. The summed E-state index contributed by atoms with van der Waals surface area (Å²) in [5, 5.41) is 9.30. The summed E-state index contributed by atoms with van der Waals surface area (Å²) in [6, 6.07) is 5.92. The zero-order chi connectivity index (χ0) is 14.4. The highest BCUT2D eigenvalue weighted by molar-refractivity contribution is 7.98. The van der Waals surface area contributed by atoms with Crippen LogP contribution in [0, 0.1) is 0 Å². The molecule has 1 N–H and O–H groups in total. The van der Waals surface area contributed by atoms with Gasteiger partial charge >= 0.3 is 5.97 Å². The molecule has 0 heterocycles. The third-order valence-electron chi connectivity index (χ3n) is 2.87. The highest BCUT2D eigenvalue weighted by Gasteiger charge is 2.14. The predicted molar refractivity (Wildman–Crippen MR) is 84.4 cm³/mol. The summed E-state index contributed by atoms with van der Waals surface area (Å²) in [5.41, 5.74) is 1.67. The van der Waals surface area contributed by atoms with Crippen LogP contribution in [-0.4, -0.2) is 36.2 Å². The fourth-order valence-corrected chi connectivity index (χ4v) is 2.68. The lowest BCUT2D eigenvalue weighted by Crippen LogP contribution is -2.31. The maximum atomic E-state index is 10.7. The lowest BCUT2D eigenvalue weighted by atomic mass is 10.1. The maximum Gasteiger partial charge on any atom is 0.328 e. The molecule has 1 aromatic rings. The summed E-state index contributed by atoms with van der Waals surface area (Å²) in [6.45, 7) is 2.13. The Labute approximate surface area is 123 Å². The van der Waals surface area contributed by atoms with Gasteiger partial charge in [0.2, 0.25) is 0 Å². The Hall–Kier alpha value is -1.13. The van der Waals surface area contributed by atoms with E-state index in [0.717, 1.165) is 23.1 Å². The van der Waals surface area contributed by atoms with E-state index in [1.54, 1.807) is 23.9 Å². The third kappa shape index (κ3) is 4.48. The first-order chi connectivity index (χ1) is 8.97. The Balaban J connectivity index is 3.12. The highest BCUT2D eigenvalue weighted by atomic mass is 35.5. The van der Waals surface area contributed by atoms with Gasteiger partial charge in [0.25, 0.3) is 0 Å². The molecule has 0 radical (unpaired) electrons. The van der Waals surface area contributed by atoms with Gasteiger partial charge in [0.15, 0.2) is 0 Å². The number of rotatable bonds is 6. The number of carboxylic acid groups (broad SMARTS) is 1. The van der Waals surface area contributed by atoms with Gasteiger partial charge in [-0.15, -0.1) is 0 Å². The molecule has 0 aliphatic heterocycles. The number of carbonyl (C=O) groups is 1. The van der Waals surface area contributed by atoms with E-state index in [1.165, 1.54) is 0 Å². The van der Waals surface area contributed by atoms with E-state index in [0.29, 0.717) is 11.1 Å². The van der Waals surface area contributed by atoms with E-state index in [-0.39, 0.29) is 0 Å². The van der Waals surface area contributed by atoms with Crippen molar-refractivity contribution in [3.8, 4) is 0 Å². The molecule has 1 aromatic carbocycles. The van der Waals surface area contributed by atoms with Gasteiger partial charge in [0.1, 0.15) is 0 Å². The molecule has 0 fully saturated rings. The van der Waals surface area contributed by atoms with Gasteiger partial charge in [-0.25, -0.2) is 4.79 Å². The van der Waals surface area contributed by atoms with E-state index < -0.39 is 5.97 Å². The molecule has 0 aromatic heterocycles. The van der Waals surface area contributed by atoms with Crippen molar-refractivity contribution in [1.29, 1.82) is 0 Å². The summed E-state index contributed by atoms with van der Waals surface area (Å²) in [5.74, 6) is 0.0103.